The maximum absolute atomic E-state index is 12.7. The second-order valence-corrected chi connectivity index (χ2v) is 5.56. The molecule has 6 heteroatoms. The van der Waals surface area contributed by atoms with E-state index in [1.165, 1.54) is 19.2 Å². The minimum absolute atomic E-state index is 0.0393. The summed E-state index contributed by atoms with van der Waals surface area (Å²) in [5.41, 5.74) is 0.223. The van der Waals surface area contributed by atoms with Crippen molar-refractivity contribution in [1.29, 1.82) is 0 Å². The van der Waals surface area contributed by atoms with Gasteiger partial charge in [-0.25, -0.2) is 9.00 Å². The van der Waals surface area contributed by atoms with Crippen LogP contribution in [-0.2, 0) is 10.8 Å². The van der Waals surface area contributed by atoms with Crippen molar-refractivity contribution in [2.45, 2.75) is 9.79 Å². The number of carboxylic acid groups (broad SMARTS) is 1. The molecule has 0 fully saturated rings. The first kappa shape index (κ1) is 14.9. The lowest BCUT2D eigenvalue weighted by Crippen LogP contribution is -2.20. The molecule has 0 saturated carbocycles. The summed E-state index contributed by atoms with van der Waals surface area (Å²) in [6.45, 7) is 0. The van der Waals surface area contributed by atoms with Crippen LogP contribution in [0.1, 0.15) is 20.7 Å². The van der Waals surface area contributed by atoms with Gasteiger partial charge in [-0.2, -0.15) is 0 Å². The summed E-state index contributed by atoms with van der Waals surface area (Å²) in [4.78, 5) is 23.5. The van der Waals surface area contributed by atoms with Gasteiger partial charge in [0.15, 0.2) is 0 Å². The van der Waals surface area contributed by atoms with Gasteiger partial charge in [0.25, 0.3) is 5.91 Å². The Morgan fingerprint density at radius 3 is 1.95 bits per heavy atom. The molecule has 2 rings (SSSR count). The first-order chi connectivity index (χ1) is 10.1. The van der Waals surface area contributed by atoms with E-state index in [0.717, 1.165) is 0 Å². The summed E-state index contributed by atoms with van der Waals surface area (Å²) in [7, 11) is -0.275. The van der Waals surface area contributed by atoms with Crippen LogP contribution in [0.4, 0.5) is 0 Å². The van der Waals surface area contributed by atoms with Gasteiger partial charge in [0.1, 0.15) is 0 Å². The molecule has 0 aliphatic carbocycles. The fraction of sp³-hybridized carbons (Fsp3) is 0.0667. The number of rotatable bonds is 4. The fourth-order valence-electron chi connectivity index (χ4n) is 1.87. The van der Waals surface area contributed by atoms with Crippen molar-refractivity contribution in [3.63, 3.8) is 0 Å². The molecule has 108 valence electrons. The van der Waals surface area contributed by atoms with E-state index in [2.05, 4.69) is 5.32 Å². The highest BCUT2D eigenvalue weighted by Crippen LogP contribution is 2.23. The monoisotopic (exact) mass is 303 g/mol. The molecule has 1 unspecified atom stereocenters. The molecule has 0 radical (unpaired) electrons. The third-order valence-corrected chi connectivity index (χ3v) is 4.39. The predicted molar refractivity (Wildman–Crippen MR) is 77.9 cm³/mol. The standard InChI is InChI=1S/C15H13NO4S/c1-16-14(17)10-6-2-4-8-12(10)21(20)13-9-5-3-7-11(13)15(18)19/h2-9H,1H3,(H,16,17)(H,18,19). The molecule has 1 amide bonds. The number of benzene rings is 2. The molecular weight excluding hydrogens is 290 g/mol. The van der Waals surface area contributed by atoms with Gasteiger partial charge in [-0.05, 0) is 24.3 Å². The zero-order chi connectivity index (χ0) is 15.4. The van der Waals surface area contributed by atoms with E-state index in [1.54, 1.807) is 36.4 Å². The summed E-state index contributed by atoms with van der Waals surface area (Å²) in [5.74, 6) is -1.52. The smallest absolute Gasteiger partial charge is 0.336 e. The molecule has 0 aliphatic heterocycles. The Hall–Kier alpha value is -2.47. The zero-order valence-electron chi connectivity index (χ0n) is 11.2. The van der Waals surface area contributed by atoms with Crippen molar-refractivity contribution >= 4 is 22.7 Å². The van der Waals surface area contributed by atoms with Gasteiger partial charge >= 0.3 is 5.97 Å². The Bertz CT molecular complexity index is 727. The van der Waals surface area contributed by atoms with Crippen LogP contribution < -0.4 is 5.32 Å². The van der Waals surface area contributed by atoms with Gasteiger partial charge in [-0.3, -0.25) is 4.79 Å². The lowest BCUT2D eigenvalue weighted by atomic mass is 10.2. The number of hydrogen-bond donors (Lipinski definition) is 2. The van der Waals surface area contributed by atoms with Gasteiger partial charge < -0.3 is 10.4 Å². The minimum Gasteiger partial charge on any atom is -0.478 e. The van der Waals surface area contributed by atoms with Crippen LogP contribution in [0, 0.1) is 0 Å². The van der Waals surface area contributed by atoms with E-state index in [9.17, 15) is 18.9 Å². The molecular formula is C15H13NO4S. The third-order valence-electron chi connectivity index (χ3n) is 2.88. The van der Waals surface area contributed by atoms with Gasteiger partial charge in [0.2, 0.25) is 0 Å². The normalized spacial score (nSPS) is 11.7. The largest absolute Gasteiger partial charge is 0.478 e. The summed E-state index contributed by atoms with van der Waals surface area (Å²) in [6, 6.07) is 12.5. The molecule has 0 heterocycles. The average Bonchev–Trinajstić information content (AvgIpc) is 2.53. The quantitative estimate of drug-likeness (QED) is 0.903. The second-order valence-electron chi connectivity index (χ2n) is 4.15. The van der Waals surface area contributed by atoms with Crippen LogP contribution >= 0.6 is 0 Å². The highest BCUT2D eigenvalue weighted by Gasteiger charge is 2.20. The Kier molecular flexibility index (Phi) is 4.49. The maximum atomic E-state index is 12.7. The topological polar surface area (TPSA) is 83.5 Å². The Balaban J connectivity index is 2.56. The minimum atomic E-state index is -1.75. The van der Waals surface area contributed by atoms with Crippen LogP contribution in [0.25, 0.3) is 0 Å². The number of amides is 1. The molecule has 0 saturated heterocycles. The lowest BCUT2D eigenvalue weighted by molar-refractivity contribution is 0.0692. The molecule has 0 aromatic heterocycles. The van der Waals surface area contributed by atoms with E-state index in [0.29, 0.717) is 0 Å². The van der Waals surface area contributed by atoms with Crippen molar-refractivity contribution in [3.05, 3.63) is 59.7 Å². The number of carbonyl (C=O) groups is 2. The summed E-state index contributed by atoms with van der Waals surface area (Å²) in [6.07, 6.45) is 0. The number of carboxylic acids is 1. The molecule has 2 aromatic rings. The Morgan fingerprint density at radius 2 is 1.43 bits per heavy atom. The van der Waals surface area contributed by atoms with Gasteiger partial charge in [0.05, 0.1) is 31.7 Å². The second kappa shape index (κ2) is 6.32. The van der Waals surface area contributed by atoms with Gasteiger partial charge in [-0.1, -0.05) is 24.3 Å². The van der Waals surface area contributed by atoms with Crippen LogP contribution in [0.3, 0.4) is 0 Å². The molecule has 0 aliphatic rings. The first-order valence-electron chi connectivity index (χ1n) is 6.11. The zero-order valence-corrected chi connectivity index (χ0v) is 12.0. The Labute approximate surface area is 124 Å². The number of aromatic carboxylic acids is 1. The van der Waals surface area contributed by atoms with E-state index >= 15 is 0 Å². The van der Waals surface area contributed by atoms with Crippen LogP contribution in [-0.4, -0.2) is 28.2 Å². The molecule has 2 N–H and O–H groups in total. The number of carbonyl (C=O) groups excluding carboxylic acids is 1. The number of nitrogens with one attached hydrogen (secondary N) is 1. The summed E-state index contributed by atoms with van der Waals surface area (Å²) >= 11 is 0. The SMILES string of the molecule is CNC(=O)c1ccccc1S(=O)c1ccccc1C(=O)O. The van der Waals surface area contributed by atoms with Crippen molar-refractivity contribution < 1.29 is 18.9 Å². The van der Waals surface area contributed by atoms with E-state index in [-0.39, 0.29) is 26.8 Å². The van der Waals surface area contributed by atoms with E-state index in [1.807, 2.05) is 0 Å². The molecule has 5 nitrogen and oxygen atoms in total. The van der Waals surface area contributed by atoms with Crippen LogP contribution in [0.2, 0.25) is 0 Å². The molecule has 0 spiro atoms. The maximum Gasteiger partial charge on any atom is 0.336 e. The highest BCUT2D eigenvalue weighted by atomic mass is 32.2. The molecule has 2 aromatic carbocycles. The van der Waals surface area contributed by atoms with Crippen LogP contribution in [0.15, 0.2) is 58.3 Å². The highest BCUT2D eigenvalue weighted by molar-refractivity contribution is 7.85. The molecule has 1 atom stereocenters. The molecule has 0 bridgehead atoms. The van der Waals surface area contributed by atoms with Gasteiger partial charge in [-0.15, -0.1) is 0 Å². The first-order valence-corrected chi connectivity index (χ1v) is 7.26. The van der Waals surface area contributed by atoms with Gasteiger partial charge in [0, 0.05) is 7.05 Å². The van der Waals surface area contributed by atoms with E-state index < -0.39 is 16.8 Å². The lowest BCUT2D eigenvalue weighted by Gasteiger charge is -2.10. The van der Waals surface area contributed by atoms with Crippen molar-refractivity contribution in [3.8, 4) is 0 Å². The molecule has 21 heavy (non-hydrogen) atoms. The van der Waals surface area contributed by atoms with Crippen molar-refractivity contribution in [2.75, 3.05) is 7.05 Å². The summed E-state index contributed by atoms with van der Waals surface area (Å²) < 4.78 is 12.7. The van der Waals surface area contributed by atoms with Crippen LogP contribution in [0.5, 0.6) is 0 Å². The van der Waals surface area contributed by atoms with Crippen molar-refractivity contribution in [2.24, 2.45) is 0 Å². The average molecular weight is 303 g/mol. The summed E-state index contributed by atoms with van der Waals surface area (Å²) in [5, 5.41) is 11.6. The Morgan fingerprint density at radius 1 is 0.952 bits per heavy atom. The third kappa shape index (κ3) is 3.00. The number of hydrogen-bond acceptors (Lipinski definition) is 3. The van der Waals surface area contributed by atoms with Crippen molar-refractivity contribution in [1.82, 2.24) is 5.32 Å². The van der Waals surface area contributed by atoms with E-state index in [4.69, 9.17) is 0 Å². The predicted octanol–water partition coefficient (Wildman–Crippen LogP) is 1.91. The fourth-order valence-corrected chi connectivity index (χ4v) is 3.23.